The van der Waals surface area contributed by atoms with Gasteiger partial charge in [0.25, 0.3) is 10.0 Å². The number of hydrogen-bond acceptors (Lipinski definition) is 4. The van der Waals surface area contributed by atoms with E-state index in [2.05, 4.69) is 10.9 Å². The largest absolute Gasteiger partial charge is 0.481 e. The molecule has 224 valence electrons. The quantitative estimate of drug-likeness (QED) is 0.193. The molecule has 1 saturated carbocycles. The van der Waals surface area contributed by atoms with Crippen LogP contribution in [-0.4, -0.2) is 23.5 Å². The zero-order valence-corrected chi connectivity index (χ0v) is 25.2. The van der Waals surface area contributed by atoms with Crippen molar-refractivity contribution in [3.63, 3.8) is 0 Å². The molecular weight excluding hydrogens is 589 g/mol. The van der Waals surface area contributed by atoms with Crippen molar-refractivity contribution in [2.24, 2.45) is 5.92 Å². The van der Waals surface area contributed by atoms with Crippen molar-refractivity contribution < 1.29 is 22.7 Å². The standard InChI is InChI=1S/C36H28FN3O4S/c1-22-9-16-29(17-10-22)45(43,44)40-32-18-15-28(37)20-30(32)34(33-27(21-38)7-4-8-31(33)39-2)35(40)26-6-3-5-25(19-26)23-11-13-24(14-12-23)36(41)42/h3-10,15-20,23-24H,11-14H2,1H3,(H,41,42). The minimum absolute atomic E-state index is 0.0317. The Balaban J connectivity index is 1.70. The lowest BCUT2D eigenvalue weighted by molar-refractivity contribution is -0.142. The van der Waals surface area contributed by atoms with Crippen molar-refractivity contribution in [2.75, 3.05) is 0 Å². The minimum atomic E-state index is -4.29. The summed E-state index contributed by atoms with van der Waals surface area (Å²) in [4.78, 5) is 15.3. The number of aryl methyl sites for hydroxylation is 1. The van der Waals surface area contributed by atoms with E-state index < -0.39 is 21.8 Å². The van der Waals surface area contributed by atoms with E-state index in [1.54, 1.807) is 36.4 Å². The highest BCUT2D eigenvalue weighted by atomic mass is 32.2. The molecule has 7 nitrogen and oxygen atoms in total. The van der Waals surface area contributed by atoms with Crippen LogP contribution in [0.15, 0.2) is 89.8 Å². The van der Waals surface area contributed by atoms with Gasteiger partial charge >= 0.3 is 5.97 Å². The van der Waals surface area contributed by atoms with Crippen LogP contribution in [0, 0.1) is 36.6 Å². The zero-order chi connectivity index (χ0) is 31.9. The summed E-state index contributed by atoms with van der Waals surface area (Å²) < 4.78 is 45.3. The molecule has 0 atom stereocenters. The van der Waals surface area contributed by atoms with Gasteiger partial charge in [0.1, 0.15) is 5.82 Å². The van der Waals surface area contributed by atoms with Gasteiger partial charge < -0.3 is 5.11 Å². The second kappa shape index (κ2) is 11.7. The summed E-state index contributed by atoms with van der Waals surface area (Å²) >= 11 is 0. The van der Waals surface area contributed by atoms with Gasteiger partial charge in [-0.05, 0) is 86.6 Å². The van der Waals surface area contributed by atoms with Crippen molar-refractivity contribution in [1.29, 1.82) is 5.26 Å². The first-order valence-electron chi connectivity index (χ1n) is 14.5. The molecule has 1 aliphatic carbocycles. The van der Waals surface area contributed by atoms with E-state index in [0.717, 1.165) is 11.1 Å². The van der Waals surface area contributed by atoms with Gasteiger partial charge in [0.2, 0.25) is 0 Å². The van der Waals surface area contributed by atoms with Gasteiger partial charge in [-0.25, -0.2) is 21.6 Å². The SMILES string of the molecule is [C-]#[N+]c1cccc(C#N)c1-c1c(-c2cccc(C3CCC(C(=O)O)CC3)c2)n(S(=O)(=O)c2ccc(C)cc2)c2ccc(F)cc12. The fourth-order valence-electron chi connectivity index (χ4n) is 6.42. The normalized spacial score (nSPS) is 16.6. The summed E-state index contributed by atoms with van der Waals surface area (Å²) in [6, 6.07) is 24.6. The summed E-state index contributed by atoms with van der Waals surface area (Å²) in [5.74, 6) is -1.71. The molecule has 0 amide bonds. The molecule has 9 heteroatoms. The molecule has 1 aromatic heterocycles. The molecular formula is C36H28FN3O4S. The lowest BCUT2D eigenvalue weighted by Crippen LogP contribution is -2.20. The highest BCUT2D eigenvalue weighted by Crippen LogP contribution is 2.48. The third kappa shape index (κ3) is 5.26. The van der Waals surface area contributed by atoms with Crippen LogP contribution in [0.5, 0.6) is 0 Å². The van der Waals surface area contributed by atoms with Crippen LogP contribution in [0.3, 0.4) is 0 Å². The second-order valence-electron chi connectivity index (χ2n) is 11.4. The number of rotatable bonds is 6. The Labute approximate surface area is 260 Å². The fraction of sp³-hybridized carbons (Fsp3) is 0.194. The Hall–Kier alpha value is -5.25. The van der Waals surface area contributed by atoms with Gasteiger partial charge in [-0.1, -0.05) is 48.0 Å². The fourth-order valence-corrected chi connectivity index (χ4v) is 7.96. The number of aromatic nitrogens is 1. The summed E-state index contributed by atoms with van der Waals surface area (Å²) in [5, 5.41) is 19.9. The van der Waals surface area contributed by atoms with E-state index in [4.69, 9.17) is 6.57 Å². The molecule has 0 saturated heterocycles. The Bertz CT molecular complexity index is 2130. The van der Waals surface area contributed by atoms with Crippen LogP contribution in [0.25, 0.3) is 38.1 Å². The van der Waals surface area contributed by atoms with Gasteiger partial charge in [0.05, 0.1) is 34.7 Å². The maximum Gasteiger partial charge on any atom is 0.306 e. The summed E-state index contributed by atoms with van der Waals surface area (Å²) in [5.41, 5.74) is 3.53. The van der Waals surface area contributed by atoms with E-state index in [0.29, 0.717) is 31.2 Å². The number of halogens is 1. The first-order chi connectivity index (χ1) is 21.6. The summed E-state index contributed by atoms with van der Waals surface area (Å²) in [6.45, 7) is 9.76. The average molecular weight is 618 g/mol. The Morgan fingerprint density at radius 1 is 0.978 bits per heavy atom. The predicted octanol–water partition coefficient (Wildman–Crippen LogP) is 8.44. The van der Waals surface area contributed by atoms with Crippen molar-refractivity contribution in [2.45, 2.75) is 43.4 Å². The van der Waals surface area contributed by atoms with E-state index in [9.17, 15) is 28.0 Å². The van der Waals surface area contributed by atoms with Gasteiger partial charge in [-0.15, -0.1) is 0 Å². The van der Waals surface area contributed by atoms with Crippen LogP contribution in [0.2, 0.25) is 0 Å². The molecule has 4 aromatic carbocycles. The zero-order valence-electron chi connectivity index (χ0n) is 24.4. The number of hydrogen-bond donors (Lipinski definition) is 1. The third-order valence-corrected chi connectivity index (χ3v) is 10.4. The van der Waals surface area contributed by atoms with Crippen molar-refractivity contribution >= 4 is 32.6 Å². The van der Waals surface area contributed by atoms with Crippen LogP contribution in [0.4, 0.5) is 10.1 Å². The maximum atomic E-state index is 15.0. The van der Waals surface area contributed by atoms with Crippen LogP contribution in [0.1, 0.15) is 48.3 Å². The van der Waals surface area contributed by atoms with Gasteiger partial charge in [-0.2, -0.15) is 5.26 Å². The number of carboxylic acid groups (broad SMARTS) is 1. The van der Waals surface area contributed by atoms with Crippen molar-refractivity contribution in [3.8, 4) is 28.5 Å². The number of fused-ring (bicyclic) bond motifs is 1. The predicted molar refractivity (Wildman–Crippen MR) is 170 cm³/mol. The Morgan fingerprint density at radius 3 is 2.36 bits per heavy atom. The molecule has 1 aliphatic rings. The number of carbonyl (C=O) groups is 1. The molecule has 45 heavy (non-hydrogen) atoms. The van der Waals surface area contributed by atoms with Crippen LogP contribution in [-0.2, 0) is 14.8 Å². The molecule has 0 spiro atoms. The molecule has 0 bridgehead atoms. The molecule has 0 aliphatic heterocycles. The number of nitriles is 1. The van der Waals surface area contributed by atoms with E-state index >= 15 is 0 Å². The molecule has 1 N–H and O–H groups in total. The van der Waals surface area contributed by atoms with Crippen LogP contribution >= 0.6 is 0 Å². The Morgan fingerprint density at radius 2 is 1.69 bits per heavy atom. The van der Waals surface area contributed by atoms with E-state index in [-0.39, 0.29) is 55.7 Å². The highest BCUT2D eigenvalue weighted by Gasteiger charge is 2.32. The molecule has 1 fully saturated rings. The molecule has 0 unspecified atom stereocenters. The smallest absolute Gasteiger partial charge is 0.306 e. The van der Waals surface area contributed by atoms with Crippen LogP contribution < -0.4 is 0 Å². The lowest BCUT2D eigenvalue weighted by atomic mass is 9.78. The summed E-state index contributed by atoms with van der Waals surface area (Å²) in [7, 11) is -4.29. The number of benzene rings is 4. The van der Waals surface area contributed by atoms with Gasteiger partial charge in [0, 0.05) is 27.6 Å². The molecule has 0 radical (unpaired) electrons. The number of aliphatic carboxylic acids is 1. The Kier molecular flexibility index (Phi) is 7.74. The van der Waals surface area contributed by atoms with Crippen molar-refractivity contribution in [1.82, 2.24) is 3.97 Å². The minimum Gasteiger partial charge on any atom is -0.481 e. The first-order valence-corrected chi connectivity index (χ1v) is 16.0. The van der Waals surface area contributed by atoms with Gasteiger partial charge in [0.15, 0.2) is 5.69 Å². The average Bonchev–Trinajstić information content (AvgIpc) is 3.39. The monoisotopic (exact) mass is 617 g/mol. The van der Waals surface area contributed by atoms with Gasteiger partial charge in [-0.3, -0.25) is 4.79 Å². The van der Waals surface area contributed by atoms with E-state index in [1.807, 2.05) is 25.1 Å². The lowest BCUT2D eigenvalue weighted by Gasteiger charge is -2.27. The number of nitrogens with zero attached hydrogens (tertiary/aromatic N) is 3. The first kappa shape index (κ1) is 29.8. The molecule has 1 heterocycles. The topological polar surface area (TPSA) is 105 Å². The maximum absolute atomic E-state index is 15.0. The van der Waals surface area contributed by atoms with E-state index in [1.165, 1.54) is 34.3 Å². The van der Waals surface area contributed by atoms with Crippen molar-refractivity contribution in [3.05, 3.63) is 119 Å². The number of carboxylic acids is 1. The molecule has 6 rings (SSSR count). The molecule has 5 aromatic rings. The second-order valence-corrected chi connectivity index (χ2v) is 13.2. The highest BCUT2D eigenvalue weighted by molar-refractivity contribution is 7.90. The summed E-state index contributed by atoms with van der Waals surface area (Å²) in [6.07, 6.45) is 2.42. The third-order valence-electron chi connectivity index (χ3n) is 8.69.